The minimum Gasteiger partial charge on any atom is -0.342 e. The maximum atomic E-state index is 13.4. The monoisotopic (exact) mass is 322 g/mol. The summed E-state index contributed by atoms with van der Waals surface area (Å²) in [6.45, 7) is 14.5. The molecule has 4 nitrogen and oxygen atoms in total. The molecule has 1 amide bonds. The van der Waals surface area contributed by atoms with Gasteiger partial charge in [0.25, 0.3) is 0 Å². The molecule has 0 unspecified atom stereocenters. The van der Waals surface area contributed by atoms with E-state index in [0.29, 0.717) is 13.1 Å². The Hall–Kier alpha value is -2.41. The Labute approximate surface area is 143 Å². The van der Waals surface area contributed by atoms with Gasteiger partial charge in [0.15, 0.2) is 5.78 Å². The zero-order valence-corrected chi connectivity index (χ0v) is 14.4. The first-order valence-corrected chi connectivity index (χ1v) is 8.39. The van der Waals surface area contributed by atoms with E-state index in [-0.39, 0.29) is 23.3 Å². The minimum atomic E-state index is -0.924. The second-order valence-electron chi connectivity index (χ2n) is 7.15. The first-order chi connectivity index (χ1) is 11.4. The number of rotatable bonds is 2. The number of hydrogen-bond acceptors (Lipinski definition) is 2. The van der Waals surface area contributed by atoms with Gasteiger partial charge in [-0.1, -0.05) is 50.3 Å². The molecule has 124 valence electrons. The minimum absolute atomic E-state index is 0.00850. The standard InChI is InChI=1S/C20H22N2O2/c1-5-22-12-11-16-19(2,3)17(23)15(21-4)13-20(16,18(22)24)14-9-7-6-8-10-14/h6-10,13,16H,5,11-12H2,1-3H3/t16-,20+/m1/s1. The summed E-state index contributed by atoms with van der Waals surface area (Å²) in [4.78, 5) is 31.5. The summed E-state index contributed by atoms with van der Waals surface area (Å²) in [6.07, 6.45) is 2.41. The molecule has 1 aromatic rings. The second kappa shape index (κ2) is 5.59. The van der Waals surface area contributed by atoms with E-state index in [1.165, 1.54) is 0 Å². The number of hydrogen-bond donors (Lipinski definition) is 0. The van der Waals surface area contributed by atoms with Crippen LogP contribution in [-0.2, 0) is 15.0 Å². The zero-order valence-electron chi connectivity index (χ0n) is 14.4. The van der Waals surface area contributed by atoms with Gasteiger partial charge in [-0.3, -0.25) is 4.79 Å². The molecule has 24 heavy (non-hydrogen) atoms. The molecule has 2 atom stereocenters. The van der Waals surface area contributed by atoms with Crippen molar-refractivity contribution in [3.8, 4) is 0 Å². The normalized spacial score (nSPS) is 28.8. The molecule has 1 fully saturated rings. The van der Waals surface area contributed by atoms with E-state index in [0.717, 1.165) is 12.0 Å². The molecule has 0 aromatic heterocycles. The molecular weight excluding hydrogens is 300 g/mol. The van der Waals surface area contributed by atoms with Gasteiger partial charge in [-0.05, 0) is 24.8 Å². The van der Waals surface area contributed by atoms with Gasteiger partial charge in [-0.15, -0.1) is 0 Å². The first kappa shape index (κ1) is 16.4. The van der Waals surface area contributed by atoms with Gasteiger partial charge >= 0.3 is 0 Å². The van der Waals surface area contributed by atoms with Crippen molar-refractivity contribution in [2.24, 2.45) is 11.3 Å². The summed E-state index contributed by atoms with van der Waals surface area (Å²) in [5, 5.41) is 0. The fraction of sp³-hybridized carbons (Fsp3) is 0.450. The van der Waals surface area contributed by atoms with Crippen molar-refractivity contribution >= 4 is 11.7 Å². The lowest BCUT2D eigenvalue weighted by atomic mass is 9.52. The van der Waals surface area contributed by atoms with Crippen molar-refractivity contribution in [2.45, 2.75) is 32.6 Å². The number of allylic oxidation sites excluding steroid dienone is 1. The van der Waals surface area contributed by atoms with Gasteiger partial charge in [0.1, 0.15) is 0 Å². The second-order valence-corrected chi connectivity index (χ2v) is 7.15. The molecule has 1 aliphatic carbocycles. The summed E-state index contributed by atoms with van der Waals surface area (Å²) in [7, 11) is 0. The van der Waals surface area contributed by atoms with Crippen molar-refractivity contribution in [1.29, 1.82) is 0 Å². The van der Waals surface area contributed by atoms with Crippen molar-refractivity contribution in [2.75, 3.05) is 13.1 Å². The molecular formula is C20H22N2O2. The largest absolute Gasteiger partial charge is 0.342 e. The molecule has 0 radical (unpaired) electrons. The van der Waals surface area contributed by atoms with Crippen molar-refractivity contribution < 1.29 is 9.59 Å². The Morgan fingerprint density at radius 1 is 1.25 bits per heavy atom. The van der Waals surface area contributed by atoms with Gasteiger partial charge in [-0.2, -0.15) is 0 Å². The third-order valence-electron chi connectivity index (χ3n) is 5.69. The number of carbonyl (C=O) groups excluding carboxylic acids is 2. The van der Waals surface area contributed by atoms with E-state index in [1.54, 1.807) is 6.08 Å². The molecule has 1 aliphatic heterocycles. The number of amides is 1. The van der Waals surface area contributed by atoms with Crippen LogP contribution in [0.15, 0.2) is 42.1 Å². The van der Waals surface area contributed by atoms with Gasteiger partial charge < -0.3 is 9.69 Å². The maximum Gasteiger partial charge on any atom is 0.236 e. The Balaban J connectivity index is 2.33. The average Bonchev–Trinajstić information content (AvgIpc) is 2.60. The van der Waals surface area contributed by atoms with Gasteiger partial charge in [0.2, 0.25) is 11.6 Å². The highest BCUT2D eigenvalue weighted by molar-refractivity contribution is 6.06. The molecule has 1 heterocycles. The van der Waals surface area contributed by atoms with Crippen LogP contribution in [0.4, 0.5) is 0 Å². The average molecular weight is 322 g/mol. The molecule has 4 heteroatoms. The Bertz CT molecular complexity index is 758. The van der Waals surface area contributed by atoms with E-state index in [1.807, 2.05) is 56.0 Å². The van der Waals surface area contributed by atoms with Gasteiger partial charge in [0, 0.05) is 18.5 Å². The highest BCUT2D eigenvalue weighted by Gasteiger charge is 2.60. The van der Waals surface area contributed by atoms with Crippen LogP contribution >= 0.6 is 0 Å². The number of likely N-dealkylation sites (N-methyl/N-ethyl adjacent to an activating group) is 1. The molecule has 1 aromatic carbocycles. The van der Waals surface area contributed by atoms with E-state index >= 15 is 0 Å². The maximum absolute atomic E-state index is 13.4. The Morgan fingerprint density at radius 2 is 1.92 bits per heavy atom. The summed E-state index contributed by atoms with van der Waals surface area (Å²) in [5.74, 6) is -0.276. The van der Waals surface area contributed by atoms with Crippen LogP contribution in [0.25, 0.3) is 4.85 Å². The Morgan fingerprint density at radius 3 is 2.50 bits per heavy atom. The predicted molar refractivity (Wildman–Crippen MR) is 92.0 cm³/mol. The van der Waals surface area contributed by atoms with Crippen molar-refractivity contribution in [1.82, 2.24) is 4.90 Å². The lowest BCUT2D eigenvalue weighted by Crippen LogP contribution is -2.62. The number of carbonyl (C=O) groups is 2. The van der Waals surface area contributed by atoms with E-state index in [4.69, 9.17) is 6.57 Å². The highest BCUT2D eigenvalue weighted by Crippen LogP contribution is 2.54. The smallest absolute Gasteiger partial charge is 0.236 e. The number of piperidine rings is 1. The number of Topliss-reactive ketones (excluding diaryl/α,β-unsaturated/α-hetero) is 1. The predicted octanol–water partition coefficient (Wildman–Crippen LogP) is 3.20. The number of benzene rings is 1. The molecule has 0 saturated carbocycles. The van der Waals surface area contributed by atoms with Crippen LogP contribution in [-0.4, -0.2) is 29.7 Å². The summed E-state index contributed by atoms with van der Waals surface area (Å²) >= 11 is 0. The summed E-state index contributed by atoms with van der Waals surface area (Å²) in [5.41, 5.74) is -0.696. The molecule has 0 bridgehead atoms. The SMILES string of the molecule is [C-]#[N+]C1=C[C@@]2(c3ccccc3)C(=O)N(CC)CC[C@@H]2C(C)(C)C1=O. The topological polar surface area (TPSA) is 41.7 Å². The fourth-order valence-electron chi connectivity index (χ4n) is 4.39. The van der Waals surface area contributed by atoms with Crippen LogP contribution in [0.5, 0.6) is 0 Å². The van der Waals surface area contributed by atoms with Gasteiger partial charge in [0.05, 0.1) is 12.0 Å². The van der Waals surface area contributed by atoms with Crippen molar-refractivity contribution in [3.63, 3.8) is 0 Å². The van der Waals surface area contributed by atoms with Crippen LogP contribution in [0, 0.1) is 17.9 Å². The first-order valence-electron chi connectivity index (χ1n) is 8.39. The van der Waals surface area contributed by atoms with Crippen LogP contribution in [0.3, 0.4) is 0 Å². The summed E-state index contributed by atoms with van der Waals surface area (Å²) < 4.78 is 0. The third-order valence-corrected chi connectivity index (χ3v) is 5.69. The quantitative estimate of drug-likeness (QED) is 0.785. The Kier molecular flexibility index (Phi) is 3.83. The fourth-order valence-corrected chi connectivity index (χ4v) is 4.39. The number of likely N-dealkylation sites (tertiary alicyclic amines) is 1. The molecule has 3 rings (SSSR count). The zero-order chi connectivity index (χ0) is 17.5. The summed E-state index contributed by atoms with van der Waals surface area (Å²) in [6, 6.07) is 9.61. The van der Waals surface area contributed by atoms with Crippen LogP contribution in [0.2, 0.25) is 0 Å². The lowest BCUT2D eigenvalue weighted by Gasteiger charge is -2.53. The number of ketones is 1. The third kappa shape index (κ3) is 2.04. The van der Waals surface area contributed by atoms with Gasteiger partial charge in [-0.25, -0.2) is 4.85 Å². The highest BCUT2D eigenvalue weighted by atomic mass is 16.2. The van der Waals surface area contributed by atoms with Crippen molar-refractivity contribution in [3.05, 3.63) is 59.1 Å². The lowest BCUT2D eigenvalue weighted by molar-refractivity contribution is -0.148. The van der Waals surface area contributed by atoms with Crippen LogP contribution < -0.4 is 0 Å². The number of nitrogens with zero attached hydrogens (tertiary/aromatic N) is 2. The van der Waals surface area contributed by atoms with E-state index in [9.17, 15) is 9.59 Å². The number of fused-ring (bicyclic) bond motifs is 1. The molecule has 0 N–H and O–H groups in total. The van der Waals surface area contributed by atoms with Crippen LogP contribution in [0.1, 0.15) is 32.8 Å². The molecule has 2 aliphatic rings. The molecule has 0 spiro atoms. The van der Waals surface area contributed by atoms with E-state index < -0.39 is 10.8 Å². The van der Waals surface area contributed by atoms with E-state index in [2.05, 4.69) is 4.85 Å². The molecule has 1 saturated heterocycles.